The number of benzene rings is 2. The molecule has 0 amide bonds. The first kappa shape index (κ1) is 11.6. The Morgan fingerprint density at radius 1 is 1.00 bits per heavy atom. The van der Waals surface area contributed by atoms with Crippen LogP contribution in [-0.2, 0) is 0 Å². The topological polar surface area (TPSA) is 9.23 Å². The molecular weight excluding hydrogens is 232 g/mol. The van der Waals surface area contributed by atoms with Gasteiger partial charge in [-0.05, 0) is 24.3 Å². The van der Waals surface area contributed by atoms with Gasteiger partial charge in [-0.2, -0.15) is 0 Å². The molecule has 0 saturated heterocycles. The van der Waals surface area contributed by atoms with Gasteiger partial charge in [0.05, 0.1) is 0 Å². The Morgan fingerprint density at radius 3 is 2.24 bits per heavy atom. The third-order valence-corrected chi connectivity index (χ3v) is 2.57. The number of hydrogen-bond acceptors (Lipinski definition) is 1. The zero-order valence-electron chi connectivity index (χ0n) is 9.14. The van der Waals surface area contributed by atoms with Crippen molar-refractivity contribution in [1.29, 1.82) is 0 Å². The Kier molecular flexibility index (Phi) is 3.69. The Morgan fingerprint density at radius 2 is 1.65 bits per heavy atom. The Balaban J connectivity index is 2.17. The molecule has 0 heterocycles. The predicted octanol–water partition coefficient (Wildman–Crippen LogP) is 4.09. The van der Waals surface area contributed by atoms with Gasteiger partial charge < -0.3 is 4.74 Å². The summed E-state index contributed by atoms with van der Waals surface area (Å²) in [4.78, 5) is 0. The minimum Gasteiger partial charge on any atom is -0.473 e. The standard InChI is InChI=1S/C15H11ClO/c1-2-15(12-6-4-3-5-7-12)17-14-10-8-13(16)9-11-14/h1,3-11,15H/t15-/m1/s1. The zero-order valence-corrected chi connectivity index (χ0v) is 9.89. The number of ether oxygens (including phenoxy) is 1. The van der Waals surface area contributed by atoms with Crippen molar-refractivity contribution in [3.8, 4) is 18.1 Å². The normalized spacial score (nSPS) is 11.5. The molecule has 0 fully saturated rings. The van der Waals surface area contributed by atoms with E-state index in [4.69, 9.17) is 22.8 Å². The van der Waals surface area contributed by atoms with Gasteiger partial charge in [-0.15, -0.1) is 6.42 Å². The van der Waals surface area contributed by atoms with Gasteiger partial charge >= 0.3 is 0 Å². The van der Waals surface area contributed by atoms with Crippen molar-refractivity contribution in [3.63, 3.8) is 0 Å². The molecule has 0 N–H and O–H groups in total. The van der Waals surface area contributed by atoms with Crippen molar-refractivity contribution in [2.75, 3.05) is 0 Å². The van der Waals surface area contributed by atoms with Gasteiger partial charge in [-0.3, -0.25) is 0 Å². The lowest BCUT2D eigenvalue weighted by Crippen LogP contribution is -2.04. The maximum absolute atomic E-state index is 5.80. The lowest BCUT2D eigenvalue weighted by Gasteiger charge is -2.14. The van der Waals surface area contributed by atoms with Crippen LogP contribution in [0, 0.1) is 12.3 Å². The van der Waals surface area contributed by atoms with Crippen LogP contribution in [0.15, 0.2) is 54.6 Å². The van der Waals surface area contributed by atoms with Gasteiger partial charge in [0.2, 0.25) is 0 Å². The van der Waals surface area contributed by atoms with Crippen LogP contribution in [0.2, 0.25) is 5.02 Å². The molecule has 2 rings (SSSR count). The molecule has 2 heteroatoms. The Hall–Kier alpha value is -1.91. The first-order valence-corrected chi connectivity index (χ1v) is 5.60. The molecule has 0 spiro atoms. The van der Waals surface area contributed by atoms with Gasteiger partial charge in [0.25, 0.3) is 0 Å². The highest BCUT2D eigenvalue weighted by Crippen LogP contribution is 2.22. The van der Waals surface area contributed by atoms with E-state index in [1.54, 1.807) is 24.3 Å². The quantitative estimate of drug-likeness (QED) is 0.737. The number of terminal acetylenes is 1. The van der Waals surface area contributed by atoms with Crippen LogP contribution in [-0.4, -0.2) is 0 Å². The number of rotatable bonds is 3. The fraction of sp³-hybridized carbons (Fsp3) is 0.0667. The largest absolute Gasteiger partial charge is 0.473 e. The van der Waals surface area contributed by atoms with Gasteiger partial charge in [0.1, 0.15) is 5.75 Å². The van der Waals surface area contributed by atoms with Crippen LogP contribution >= 0.6 is 11.6 Å². The van der Waals surface area contributed by atoms with Crippen molar-refractivity contribution >= 4 is 11.6 Å². The summed E-state index contributed by atoms with van der Waals surface area (Å²) in [6.45, 7) is 0. The molecular formula is C15H11ClO. The highest BCUT2D eigenvalue weighted by molar-refractivity contribution is 6.30. The van der Waals surface area contributed by atoms with Gasteiger partial charge in [-0.1, -0.05) is 47.9 Å². The molecule has 0 bridgehead atoms. The molecule has 0 aliphatic heterocycles. The molecule has 0 saturated carbocycles. The minimum atomic E-state index is -0.377. The number of hydrogen-bond donors (Lipinski definition) is 0. The SMILES string of the molecule is C#C[C@@H](Oc1ccc(Cl)cc1)c1ccccc1. The van der Waals surface area contributed by atoms with Crippen LogP contribution < -0.4 is 4.74 Å². The second kappa shape index (κ2) is 5.43. The zero-order chi connectivity index (χ0) is 12.1. The summed E-state index contributed by atoms with van der Waals surface area (Å²) in [5.41, 5.74) is 0.963. The molecule has 1 nitrogen and oxygen atoms in total. The molecule has 2 aromatic carbocycles. The maximum atomic E-state index is 5.80. The van der Waals surface area contributed by atoms with E-state index in [1.807, 2.05) is 30.3 Å². The summed E-state index contributed by atoms with van der Waals surface area (Å²) < 4.78 is 5.71. The van der Waals surface area contributed by atoms with Crippen molar-refractivity contribution in [2.45, 2.75) is 6.10 Å². The van der Waals surface area contributed by atoms with Crippen LogP contribution in [0.25, 0.3) is 0 Å². The molecule has 0 aliphatic rings. The monoisotopic (exact) mass is 242 g/mol. The molecule has 1 atom stereocenters. The average molecular weight is 243 g/mol. The smallest absolute Gasteiger partial charge is 0.184 e. The van der Waals surface area contributed by atoms with Gasteiger partial charge in [0, 0.05) is 10.6 Å². The molecule has 0 unspecified atom stereocenters. The van der Waals surface area contributed by atoms with Crippen LogP contribution in [0.4, 0.5) is 0 Å². The van der Waals surface area contributed by atoms with Crippen LogP contribution in [0.1, 0.15) is 11.7 Å². The molecule has 0 aromatic heterocycles. The van der Waals surface area contributed by atoms with E-state index in [-0.39, 0.29) is 6.10 Å². The second-order valence-electron chi connectivity index (χ2n) is 3.53. The summed E-state index contributed by atoms with van der Waals surface area (Å²) >= 11 is 5.80. The van der Waals surface area contributed by atoms with Gasteiger partial charge in [-0.25, -0.2) is 0 Å². The summed E-state index contributed by atoms with van der Waals surface area (Å²) in [6.07, 6.45) is 5.10. The van der Waals surface area contributed by atoms with Crippen molar-refractivity contribution in [2.24, 2.45) is 0 Å². The maximum Gasteiger partial charge on any atom is 0.184 e. The van der Waals surface area contributed by atoms with Crippen molar-refractivity contribution in [1.82, 2.24) is 0 Å². The predicted molar refractivity (Wildman–Crippen MR) is 70.1 cm³/mol. The Bertz CT molecular complexity index is 511. The third-order valence-electron chi connectivity index (χ3n) is 2.32. The van der Waals surface area contributed by atoms with E-state index in [0.29, 0.717) is 10.8 Å². The molecule has 17 heavy (non-hydrogen) atoms. The molecule has 0 aliphatic carbocycles. The van der Waals surface area contributed by atoms with Crippen LogP contribution in [0.5, 0.6) is 5.75 Å². The van der Waals surface area contributed by atoms with Crippen molar-refractivity contribution in [3.05, 3.63) is 65.2 Å². The highest BCUT2D eigenvalue weighted by atomic mass is 35.5. The molecule has 0 radical (unpaired) electrons. The van der Waals surface area contributed by atoms with E-state index < -0.39 is 0 Å². The summed E-state index contributed by atoms with van der Waals surface area (Å²) in [5, 5.41) is 0.675. The van der Waals surface area contributed by atoms with E-state index in [1.165, 1.54) is 0 Å². The number of halogens is 1. The minimum absolute atomic E-state index is 0.377. The fourth-order valence-corrected chi connectivity index (χ4v) is 1.60. The van der Waals surface area contributed by atoms with E-state index in [0.717, 1.165) is 5.56 Å². The first-order chi connectivity index (χ1) is 8.29. The lowest BCUT2D eigenvalue weighted by atomic mass is 10.1. The first-order valence-electron chi connectivity index (χ1n) is 5.23. The van der Waals surface area contributed by atoms with E-state index in [9.17, 15) is 0 Å². The molecule has 84 valence electrons. The average Bonchev–Trinajstić information content (AvgIpc) is 2.39. The Labute approximate surface area is 106 Å². The van der Waals surface area contributed by atoms with E-state index >= 15 is 0 Å². The third kappa shape index (κ3) is 3.03. The summed E-state index contributed by atoms with van der Waals surface area (Å²) in [5.74, 6) is 3.34. The van der Waals surface area contributed by atoms with E-state index in [2.05, 4.69) is 5.92 Å². The summed E-state index contributed by atoms with van der Waals surface area (Å²) in [6, 6.07) is 16.9. The highest BCUT2D eigenvalue weighted by Gasteiger charge is 2.08. The lowest BCUT2D eigenvalue weighted by molar-refractivity contribution is 0.265. The van der Waals surface area contributed by atoms with Crippen molar-refractivity contribution < 1.29 is 4.74 Å². The fourth-order valence-electron chi connectivity index (χ4n) is 1.48. The second-order valence-corrected chi connectivity index (χ2v) is 3.97. The summed E-state index contributed by atoms with van der Waals surface area (Å²) in [7, 11) is 0. The van der Waals surface area contributed by atoms with Gasteiger partial charge in [0.15, 0.2) is 6.10 Å². The molecule has 2 aromatic rings. The van der Waals surface area contributed by atoms with Crippen LogP contribution in [0.3, 0.4) is 0 Å².